The summed E-state index contributed by atoms with van der Waals surface area (Å²) in [5, 5.41) is 3.99. The number of nitrogens with zero attached hydrogens (tertiary/aromatic N) is 1. The summed E-state index contributed by atoms with van der Waals surface area (Å²) in [5.74, 6) is 0.703. The van der Waals surface area contributed by atoms with E-state index < -0.39 is 0 Å². The van der Waals surface area contributed by atoms with Gasteiger partial charge >= 0.3 is 0 Å². The van der Waals surface area contributed by atoms with Crippen LogP contribution in [0.5, 0.6) is 5.75 Å². The summed E-state index contributed by atoms with van der Waals surface area (Å²) in [6.45, 7) is 1.58. The number of ether oxygens (including phenoxy) is 1. The van der Waals surface area contributed by atoms with E-state index in [1.807, 2.05) is 30.3 Å². The molecule has 2 aromatic rings. The van der Waals surface area contributed by atoms with Crippen LogP contribution in [-0.4, -0.2) is 12.1 Å². The average Bonchev–Trinajstić information content (AvgIpc) is 2.40. The maximum Gasteiger partial charge on any atom is 0.137 e. The summed E-state index contributed by atoms with van der Waals surface area (Å²) < 4.78 is 5.11. The number of hydrogen-bond acceptors (Lipinski definition) is 3. The third-order valence-corrected chi connectivity index (χ3v) is 2.92. The molecular formula is C14H16Cl2N2O. The summed E-state index contributed by atoms with van der Waals surface area (Å²) in [7, 11) is 1.61. The van der Waals surface area contributed by atoms with Crippen molar-refractivity contribution < 1.29 is 4.74 Å². The lowest BCUT2D eigenvalue weighted by atomic mass is 10.2. The second-order valence-electron chi connectivity index (χ2n) is 3.93. The number of pyridine rings is 1. The van der Waals surface area contributed by atoms with E-state index in [0.29, 0.717) is 10.8 Å². The van der Waals surface area contributed by atoms with Gasteiger partial charge in [-0.3, -0.25) is 4.98 Å². The molecular weight excluding hydrogens is 283 g/mol. The van der Waals surface area contributed by atoms with E-state index in [4.69, 9.17) is 16.3 Å². The first kappa shape index (κ1) is 15.8. The van der Waals surface area contributed by atoms with Gasteiger partial charge in [0.05, 0.1) is 12.1 Å². The average molecular weight is 299 g/mol. The first-order valence-electron chi connectivity index (χ1n) is 5.71. The van der Waals surface area contributed by atoms with Crippen molar-refractivity contribution in [3.05, 3.63) is 58.9 Å². The molecule has 19 heavy (non-hydrogen) atoms. The molecule has 2 rings (SSSR count). The molecule has 102 valence electrons. The van der Waals surface area contributed by atoms with Gasteiger partial charge in [0, 0.05) is 25.5 Å². The van der Waals surface area contributed by atoms with E-state index in [1.165, 1.54) is 5.56 Å². The molecule has 1 aromatic heterocycles. The molecule has 0 saturated heterocycles. The fourth-order valence-corrected chi connectivity index (χ4v) is 1.95. The van der Waals surface area contributed by atoms with Gasteiger partial charge in [0.2, 0.25) is 0 Å². The first-order valence-corrected chi connectivity index (χ1v) is 6.09. The van der Waals surface area contributed by atoms with Crippen LogP contribution in [0.25, 0.3) is 0 Å². The smallest absolute Gasteiger partial charge is 0.137 e. The first-order chi connectivity index (χ1) is 8.79. The standard InChI is InChI=1S/C14H15ClN2O.ClH/c1-18-14-3-2-12(8-13(14)15)10-17-9-11-4-6-16-7-5-11;/h2-8,17H,9-10H2,1H3;1H. The van der Waals surface area contributed by atoms with Crippen LogP contribution in [0, 0.1) is 0 Å². The minimum atomic E-state index is 0. The molecule has 5 heteroatoms. The van der Waals surface area contributed by atoms with E-state index in [-0.39, 0.29) is 12.4 Å². The van der Waals surface area contributed by atoms with E-state index in [9.17, 15) is 0 Å². The lowest BCUT2D eigenvalue weighted by molar-refractivity contribution is 0.415. The number of aromatic nitrogens is 1. The second-order valence-corrected chi connectivity index (χ2v) is 4.34. The van der Waals surface area contributed by atoms with Gasteiger partial charge in [-0.25, -0.2) is 0 Å². The maximum atomic E-state index is 6.06. The summed E-state index contributed by atoms with van der Waals surface area (Å²) in [4.78, 5) is 3.98. The van der Waals surface area contributed by atoms with Crippen LogP contribution in [-0.2, 0) is 13.1 Å². The highest BCUT2D eigenvalue weighted by Gasteiger charge is 2.01. The fourth-order valence-electron chi connectivity index (χ4n) is 1.67. The molecule has 0 unspecified atom stereocenters. The quantitative estimate of drug-likeness (QED) is 0.918. The summed E-state index contributed by atoms with van der Waals surface area (Å²) >= 11 is 6.06. The van der Waals surface area contributed by atoms with Crippen LogP contribution in [0.2, 0.25) is 5.02 Å². The van der Waals surface area contributed by atoms with Gasteiger partial charge in [0.15, 0.2) is 0 Å². The Labute approximate surface area is 124 Å². The molecule has 0 atom stereocenters. The third kappa shape index (κ3) is 4.71. The lowest BCUT2D eigenvalue weighted by Gasteiger charge is -2.07. The van der Waals surface area contributed by atoms with Crippen LogP contribution >= 0.6 is 24.0 Å². The van der Waals surface area contributed by atoms with Gasteiger partial charge in [-0.15, -0.1) is 12.4 Å². The van der Waals surface area contributed by atoms with Crippen molar-refractivity contribution >= 4 is 24.0 Å². The summed E-state index contributed by atoms with van der Waals surface area (Å²) in [6, 6.07) is 9.79. The Bertz CT molecular complexity index is 506. The van der Waals surface area contributed by atoms with E-state index in [2.05, 4.69) is 10.3 Å². The fraction of sp³-hybridized carbons (Fsp3) is 0.214. The second kappa shape index (κ2) is 8.00. The number of methoxy groups -OCH3 is 1. The highest BCUT2D eigenvalue weighted by atomic mass is 35.5. The molecule has 0 fully saturated rings. The number of halogens is 2. The van der Waals surface area contributed by atoms with Crippen LogP contribution in [0.1, 0.15) is 11.1 Å². The van der Waals surface area contributed by atoms with Crippen molar-refractivity contribution in [2.75, 3.05) is 7.11 Å². The molecule has 0 aliphatic heterocycles. The number of rotatable bonds is 5. The zero-order chi connectivity index (χ0) is 12.8. The minimum Gasteiger partial charge on any atom is -0.495 e. The van der Waals surface area contributed by atoms with Crippen LogP contribution in [0.15, 0.2) is 42.7 Å². The Balaban J connectivity index is 0.00000180. The zero-order valence-electron chi connectivity index (χ0n) is 10.6. The topological polar surface area (TPSA) is 34.1 Å². The molecule has 0 bridgehead atoms. The molecule has 0 aliphatic carbocycles. The summed E-state index contributed by atoms with van der Waals surface area (Å²) in [6.07, 6.45) is 3.59. The molecule has 1 N–H and O–H groups in total. The van der Waals surface area contributed by atoms with E-state index in [1.54, 1.807) is 19.5 Å². The molecule has 1 aromatic carbocycles. The Morgan fingerprint density at radius 2 is 1.79 bits per heavy atom. The van der Waals surface area contributed by atoms with E-state index in [0.717, 1.165) is 18.7 Å². The predicted octanol–water partition coefficient (Wildman–Crippen LogP) is 3.46. The Hall–Kier alpha value is -1.29. The van der Waals surface area contributed by atoms with Crippen molar-refractivity contribution in [1.29, 1.82) is 0 Å². The molecule has 0 amide bonds. The molecule has 1 heterocycles. The van der Waals surface area contributed by atoms with Crippen molar-refractivity contribution in [1.82, 2.24) is 10.3 Å². The van der Waals surface area contributed by atoms with Gasteiger partial charge in [0.25, 0.3) is 0 Å². The Kier molecular flexibility index (Phi) is 6.64. The normalized spacial score (nSPS) is 9.79. The molecule has 0 radical (unpaired) electrons. The Morgan fingerprint density at radius 1 is 1.11 bits per heavy atom. The van der Waals surface area contributed by atoms with Crippen LogP contribution < -0.4 is 10.1 Å². The van der Waals surface area contributed by atoms with Crippen molar-refractivity contribution in [3.8, 4) is 5.75 Å². The van der Waals surface area contributed by atoms with Crippen molar-refractivity contribution in [3.63, 3.8) is 0 Å². The van der Waals surface area contributed by atoms with Crippen LogP contribution in [0.3, 0.4) is 0 Å². The SMILES string of the molecule is COc1ccc(CNCc2ccncc2)cc1Cl.Cl. The maximum absolute atomic E-state index is 6.06. The van der Waals surface area contributed by atoms with Gasteiger partial charge in [-0.2, -0.15) is 0 Å². The molecule has 0 aliphatic rings. The monoisotopic (exact) mass is 298 g/mol. The van der Waals surface area contributed by atoms with Crippen molar-refractivity contribution in [2.45, 2.75) is 13.1 Å². The molecule has 3 nitrogen and oxygen atoms in total. The highest BCUT2D eigenvalue weighted by Crippen LogP contribution is 2.24. The number of nitrogens with one attached hydrogen (secondary N) is 1. The van der Waals surface area contributed by atoms with Gasteiger partial charge in [-0.05, 0) is 35.4 Å². The largest absolute Gasteiger partial charge is 0.495 e. The zero-order valence-corrected chi connectivity index (χ0v) is 12.2. The van der Waals surface area contributed by atoms with Gasteiger partial charge in [0.1, 0.15) is 5.75 Å². The molecule has 0 spiro atoms. The van der Waals surface area contributed by atoms with Crippen LogP contribution in [0.4, 0.5) is 0 Å². The minimum absolute atomic E-state index is 0. The molecule has 0 saturated carbocycles. The number of benzene rings is 1. The van der Waals surface area contributed by atoms with E-state index >= 15 is 0 Å². The number of hydrogen-bond donors (Lipinski definition) is 1. The van der Waals surface area contributed by atoms with Crippen molar-refractivity contribution in [2.24, 2.45) is 0 Å². The summed E-state index contributed by atoms with van der Waals surface area (Å²) in [5.41, 5.74) is 2.35. The van der Waals surface area contributed by atoms with Gasteiger partial charge < -0.3 is 10.1 Å². The Morgan fingerprint density at radius 3 is 2.42 bits per heavy atom. The third-order valence-electron chi connectivity index (χ3n) is 2.62. The highest BCUT2D eigenvalue weighted by molar-refractivity contribution is 6.32. The predicted molar refractivity (Wildman–Crippen MR) is 80.0 cm³/mol. The lowest BCUT2D eigenvalue weighted by Crippen LogP contribution is -2.12. The van der Waals surface area contributed by atoms with Gasteiger partial charge in [-0.1, -0.05) is 17.7 Å².